The third kappa shape index (κ3) is 5.56. The van der Waals surface area contributed by atoms with Gasteiger partial charge in [0.05, 0.1) is 22.7 Å². The van der Waals surface area contributed by atoms with Crippen LogP contribution in [0.4, 0.5) is 8.78 Å². The Morgan fingerprint density at radius 2 is 1.84 bits per heavy atom. The number of hydrogen-bond acceptors (Lipinski definition) is 6. The molecule has 0 radical (unpaired) electrons. The van der Waals surface area contributed by atoms with Crippen molar-refractivity contribution >= 4 is 28.7 Å². The zero-order valence-electron chi connectivity index (χ0n) is 23.6. The fourth-order valence-electron chi connectivity index (χ4n) is 5.98. The normalized spacial score (nSPS) is 15.0. The molecular formula is C33H28F2N4O3S2. The number of rotatable bonds is 9. The standard InChI is InChI=1S/C33H28F2N4O3S2/c34-26-10-9-23(16-24(26)22-8-7-20-2-1-3-21(20)15-22)31-25(12-19-6-11-30(44(36)42)27(35)13-19)29(14-18-4-5-18)39(38-31)33-37-28(17-43-33)32(40)41/h6-11,13,15-18H,1-5,12,14,36H2,(H,40,41). The van der Waals surface area contributed by atoms with E-state index in [4.69, 9.17) is 10.2 Å². The molecule has 224 valence electrons. The number of aromatic nitrogens is 3. The molecule has 0 bridgehead atoms. The first-order chi connectivity index (χ1) is 21.2. The Hall–Kier alpha value is -3.90. The fraction of sp³-hybridized carbons (Fsp3) is 0.242. The number of aryl methyl sites for hydroxylation is 2. The number of carboxylic acid groups (broad SMARTS) is 1. The van der Waals surface area contributed by atoms with Gasteiger partial charge in [0, 0.05) is 28.5 Å². The van der Waals surface area contributed by atoms with Gasteiger partial charge < -0.3 is 9.66 Å². The molecule has 1 saturated carbocycles. The third-order valence-electron chi connectivity index (χ3n) is 8.40. The molecule has 0 aliphatic heterocycles. The summed E-state index contributed by atoms with van der Waals surface area (Å²) in [5.41, 5.74) is 7.29. The predicted octanol–water partition coefficient (Wildman–Crippen LogP) is 6.65. The maximum atomic E-state index is 15.4. The van der Waals surface area contributed by atoms with Gasteiger partial charge in [-0.15, -0.1) is 16.5 Å². The smallest absolute Gasteiger partial charge is 0.355 e. The minimum absolute atomic E-state index is 0.0749. The van der Waals surface area contributed by atoms with E-state index in [-0.39, 0.29) is 22.8 Å². The molecule has 0 saturated heterocycles. The lowest BCUT2D eigenvalue weighted by Crippen LogP contribution is -2.14. The van der Waals surface area contributed by atoms with Crippen molar-refractivity contribution < 1.29 is 23.2 Å². The van der Waals surface area contributed by atoms with Crippen molar-refractivity contribution in [1.29, 1.82) is 0 Å². The highest BCUT2D eigenvalue weighted by atomic mass is 32.2. The van der Waals surface area contributed by atoms with Crippen LogP contribution in [0.2, 0.25) is 0 Å². The van der Waals surface area contributed by atoms with E-state index in [0.29, 0.717) is 39.9 Å². The van der Waals surface area contributed by atoms with Crippen LogP contribution in [0.1, 0.15) is 57.7 Å². The van der Waals surface area contributed by atoms with E-state index in [1.807, 2.05) is 6.07 Å². The van der Waals surface area contributed by atoms with Gasteiger partial charge in [0.15, 0.2) is 11.5 Å². The molecule has 1 atom stereocenters. The van der Waals surface area contributed by atoms with E-state index >= 15 is 4.39 Å². The second-order valence-corrected chi connectivity index (χ2v) is 13.3. The SMILES string of the molecule is N[S+]([O-])c1ccc(Cc2c(-c3ccc(F)c(-c4ccc5c(c4)CCC5)c3)nn(-c3nc(C(=O)O)cs3)c2CC2CC2)cc1F. The molecule has 3 aromatic carbocycles. The molecule has 7 rings (SSSR count). The average molecular weight is 631 g/mol. The second-order valence-electron chi connectivity index (χ2n) is 11.4. The summed E-state index contributed by atoms with van der Waals surface area (Å²) in [6, 6.07) is 15.5. The van der Waals surface area contributed by atoms with Crippen molar-refractivity contribution in [1.82, 2.24) is 14.8 Å². The quantitative estimate of drug-likeness (QED) is 0.176. The summed E-state index contributed by atoms with van der Waals surface area (Å²) >= 11 is -0.783. The lowest BCUT2D eigenvalue weighted by Gasteiger charge is -2.11. The van der Waals surface area contributed by atoms with E-state index in [1.54, 1.807) is 22.9 Å². The van der Waals surface area contributed by atoms with E-state index in [9.17, 15) is 18.8 Å². The van der Waals surface area contributed by atoms with Crippen LogP contribution >= 0.6 is 11.3 Å². The maximum absolute atomic E-state index is 15.4. The highest BCUT2D eigenvalue weighted by Crippen LogP contribution is 2.39. The van der Waals surface area contributed by atoms with Crippen molar-refractivity contribution in [2.75, 3.05) is 0 Å². The largest absolute Gasteiger partial charge is 0.593 e. The van der Waals surface area contributed by atoms with Crippen LogP contribution in [0.3, 0.4) is 0 Å². The summed E-state index contributed by atoms with van der Waals surface area (Å²) in [7, 11) is 0. The average Bonchev–Trinajstić information content (AvgIpc) is 3.35. The highest BCUT2D eigenvalue weighted by Gasteiger charge is 2.30. The summed E-state index contributed by atoms with van der Waals surface area (Å²) in [5, 5.41) is 21.8. The number of halogens is 2. The monoisotopic (exact) mass is 630 g/mol. The molecule has 11 heteroatoms. The minimum atomic E-state index is -1.96. The fourth-order valence-corrected chi connectivity index (χ4v) is 7.21. The summed E-state index contributed by atoms with van der Waals surface area (Å²) in [6.45, 7) is 0. The number of hydrogen-bond donors (Lipinski definition) is 2. The van der Waals surface area contributed by atoms with Gasteiger partial charge in [-0.1, -0.05) is 24.3 Å². The molecule has 2 aliphatic carbocycles. The van der Waals surface area contributed by atoms with Gasteiger partial charge in [-0.2, -0.15) is 5.10 Å². The molecule has 2 aromatic heterocycles. The Kier molecular flexibility index (Phi) is 7.57. The maximum Gasteiger partial charge on any atom is 0.355 e. The first-order valence-electron chi connectivity index (χ1n) is 14.4. The summed E-state index contributed by atoms with van der Waals surface area (Å²) in [4.78, 5) is 15.9. The Bertz CT molecular complexity index is 1920. The van der Waals surface area contributed by atoms with Crippen LogP contribution in [0.5, 0.6) is 0 Å². The second kappa shape index (κ2) is 11.6. The molecule has 5 aromatic rings. The zero-order chi connectivity index (χ0) is 30.5. The Labute approximate surface area is 259 Å². The highest BCUT2D eigenvalue weighted by molar-refractivity contribution is 7.89. The van der Waals surface area contributed by atoms with Gasteiger partial charge in [0.1, 0.15) is 5.82 Å². The van der Waals surface area contributed by atoms with Gasteiger partial charge in [-0.3, -0.25) is 0 Å². The molecule has 2 aliphatic rings. The van der Waals surface area contributed by atoms with Crippen LogP contribution in [0.25, 0.3) is 27.5 Å². The van der Waals surface area contributed by atoms with Crippen LogP contribution in [0, 0.1) is 17.6 Å². The zero-order valence-corrected chi connectivity index (χ0v) is 25.2. The summed E-state index contributed by atoms with van der Waals surface area (Å²) in [6.07, 6.45) is 6.18. The summed E-state index contributed by atoms with van der Waals surface area (Å²) in [5.74, 6) is -1.70. The van der Waals surface area contributed by atoms with Crippen LogP contribution in [-0.4, -0.2) is 30.4 Å². The lowest BCUT2D eigenvalue weighted by molar-refractivity contribution is 0.0691. The number of fused-ring (bicyclic) bond motifs is 1. The number of thiazole rings is 1. The van der Waals surface area contributed by atoms with E-state index in [0.717, 1.165) is 48.9 Å². The molecule has 1 unspecified atom stereocenters. The van der Waals surface area contributed by atoms with Crippen LogP contribution in [-0.2, 0) is 37.0 Å². The lowest BCUT2D eigenvalue weighted by atomic mass is 9.94. The minimum Gasteiger partial charge on any atom is -0.593 e. The molecule has 1 fully saturated rings. The van der Waals surface area contributed by atoms with Crippen molar-refractivity contribution in [3.8, 4) is 27.5 Å². The Morgan fingerprint density at radius 1 is 1.05 bits per heavy atom. The van der Waals surface area contributed by atoms with E-state index < -0.39 is 23.1 Å². The van der Waals surface area contributed by atoms with Crippen molar-refractivity contribution in [3.63, 3.8) is 0 Å². The van der Waals surface area contributed by atoms with Gasteiger partial charge in [0.25, 0.3) is 0 Å². The molecule has 0 spiro atoms. The third-order valence-corrected chi connectivity index (χ3v) is 9.99. The molecular weight excluding hydrogens is 603 g/mol. The first-order valence-corrected chi connectivity index (χ1v) is 16.5. The van der Waals surface area contributed by atoms with Crippen molar-refractivity contribution in [2.45, 2.75) is 49.8 Å². The number of aromatic carboxylic acids is 1. The molecule has 0 amide bonds. The molecule has 3 N–H and O–H groups in total. The van der Waals surface area contributed by atoms with Crippen LogP contribution in [0.15, 0.2) is 64.9 Å². The number of benzene rings is 3. The van der Waals surface area contributed by atoms with Crippen molar-refractivity contribution in [3.05, 3.63) is 105 Å². The number of nitrogens with zero attached hydrogens (tertiary/aromatic N) is 3. The number of nitrogens with two attached hydrogens (primary N) is 1. The van der Waals surface area contributed by atoms with E-state index in [2.05, 4.69) is 17.1 Å². The van der Waals surface area contributed by atoms with Gasteiger partial charge in [-0.05, 0) is 97.0 Å². The predicted molar refractivity (Wildman–Crippen MR) is 165 cm³/mol. The van der Waals surface area contributed by atoms with Gasteiger partial charge >= 0.3 is 5.97 Å². The van der Waals surface area contributed by atoms with Gasteiger partial charge in [-0.25, -0.2) is 23.2 Å². The van der Waals surface area contributed by atoms with Crippen LogP contribution < -0.4 is 5.14 Å². The first kappa shape index (κ1) is 28.8. The topological polar surface area (TPSA) is 117 Å². The Balaban J connectivity index is 1.39. The number of carbonyl (C=O) groups is 1. The number of carboxylic acids is 1. The Morgan fingerprint density at radius 3 is 2.57 bits per heavy atom. The van der Waals surface area contributed by atoms with Crippen molar-refractivity contribution in [2.24, 2.45) is 11.1 Å². The molecule has 2 heterocycles. The van der Waals surface area contributed by atoms with Gasteiger partial charge in [0.2, 0.25) is 10.0 Å². The summed E-state index contributed by atoms with van der Waals surface area (Å²) < 4.78 is 43.7. The molecule has 44 heavy (non-hydrogen) atoms. The van der Waals surface area contributed by atoms with E-state index in [1.165, 1.54) is 46.0 Å². The molecule has 7 nitrogen and oxygen atoms in total.